The third kappa shape index (κ3) is 3.29. The zero-order chi connectivity index (χ0) is 19.5. The Kier molecular flexibility index (Phi) is 4.71. The summed E-state index contributed by atoms with van der Waals surface area (Å²) in [6, 6.07) is 10.5. The molecule has 0 unspecified atom stereocenters. The van der Waals surface area contributed by atoms with E-state index in [9.17, 15) is 4.79 Å². The molecule has 0 saturated carbocycles. The van der Waals surface area contributed by atoms with Crippen LogP contribution in [0.4, 0.5) is 0 Å². The average Bonchev–Trinajstić information content (AvgIpc) is 3.40. The lowest BCUT2D eigenvalue weighted by Gasteiger charge is -2.12. The quantitative estimate of drug-likeness (QED) is 0.692. The van der Waals surface area contributed by atoms with Gasteiger partial charge in [-0.1, -0.05) is 11.2 Å². The molecular weight excluding hydrogens is 366 g/mol. The molecule has 2 heterocycles. The van der Waals surface area contributed by atoms with Gasteiger partial charge in [0.05, 0.1) is 20.8 Å². The van der Waals surface area contributed by atoms with E-state index in [1.165, 1.54) is 14.2 Å². The number of hydrogen-bond acceptors (Lipinski definition) is 8. The molecule has 28 heavy (non-hydrogen) atoms. The Hall–Kier alpha value is -3.75. The van der Waals surface area contributed by atoms with Crippen molar-refractivity contribution >= 4 is 5.91 Å². The molecule has 3 aromatic rings. The number of ether oxygens (including phenoxy) is 4. The number of nitrogens with one attached hydrogen (secondary N) is 1. The fourth-order valence-corrected chi connectivity index (χ4v) is 2.80. The fraction of sp³-hybridized carbons (Fsp3) is 0.211. The summed E-state index contributed by atoms with van der Waals surface area (Å²) < 4.78 is 26.4. The van der Waals surface area contributed by atoms with Crippen LogP contribution in [0.25, 0.3) is 11.4 Å². The van der Waals surface area contributed by atoms with Crippen molar-refractivity contribution in [1.82, 2.24) is 15.5 Å². The monoisotopic (exact) mass is 383 g/mol. The average molecular weight is 383 g/mol. The molecule has 0 fully saturated rings. The van der Waals surface area contributed by atoms with Gasteiger partial charge < -0.3 is 28.8 Å². The number of amides is 1. The van der Waals surface area contributed by atoms with Crippen molar-refractivity contribution in [2.24, 2.45) is 0 Å². The molecule has 1 aliphatic heterocycles. The lowest BCUT2D eigenvalue weighted by molar-refractivity contribution is 0.0940. The van der Waals surface area contributed by atoms with Gasteiger partial charge in [-0.3, -0.25) is 4.79 Å². The molecule has 1 aliphatic rings. The van der Waals surface area contributed by atoms with Gasteiger partial charge in [-0.2, -0.15) is 4.98 Å². The van der Waals surface area contributed by atoms with Crippen molar-refractivity contribution in [3.63, 3.8) is 0 Å². The summed E-state index contributed by atoms with van der Waals surface area (Å²) in [6.07, 6.45) is 0. The van der Waals surface area contributed by atoms with Gasteiger partial charge in [-0.25, -0.2) is 0 Å². The van der Waals surface area contributed by atoms with Gasteiger partial charge in [0, 0.05) is 5.56 Å². The highest BCUT2D eigenvalue weighted by Gasteiger charge is 2.20. The Morgan fingerprint density at radius 3 is 2.61 bits per heavy atom. The third-order valence-electron chi connectivity index (χ3n) is 4.15. The van der Waals surface area contributed by atoms with Crippen molar-refractivity contribution in [3.8, 4) is 34.4 Å². The first-order valence-corrected chi connectivity index (χ1v) is 8.41. The lowest BCUT2D eigenvalue weighted by Crippen LogP contribution is -2.24. The fourth-order valence-electron chi connectivity index (χ4n) is 2.80. The van der Waals surface area contributed by atoms with Crippen LogP contribution in [0.2, 0.25) is 0 Å². The maximum atomic E-state index is 12.6. The van der Waals surface area contributed by atoms with Crippen molar-refractivity contribution in [2.45, 2.75) is 6.54 Å². The predicted octanol–water partition coefficient (Wildman–Crippen LogP) is 2.41. The molecule has 1 aromatic heterocycles. The van der Waals surface area contributed by atoms with Gasteiger partial charge in [-0.15, -0.1) is 0 Å². The molecule has 9 heteroatoms. The van der Waals surface area contributed by atoms with Crippen LogP contribution in [0.1, 0.15) is 16.2 Å². The van der Waals surface area contributed by atoms with Crippen LogP contribution in [0, 0.1) is 0 Å². The van der Waals surface area contributed by atoms with Crippen LogP contribution >= 0.6 is 0 Å². The van der Waals surface area contributed by atoms with Gasteiger partial charge in [0.2, 0.25) is 18.5 Å². The second-order valence-electron chi connectivity index (χ2n) is 5.80. The van der Waals surface area contributed by atoms with Crippen molar-refractivity contribution in [2.75, 3.05) is 21.0 Å². The molecule has 0 aliphatic carbocycles. The summed E-state index contributed by atoms with van der Waals surface area (Å²) in [4.78, 5) is 16.9. The highest BCUT2D eigenvalue weighted by atomic mass is 16.7. The summed E-state index contributed by atoms with van der Waals surface area (Å²) in [5.41, 5.74) is 1.01. The Labute approximate surface area is 160 Å². The van der Waals surface area contributed by atoms with Gasteiger partial charge in [0.15, 0.2) is 11.5 Å². The van der Waals surface area contributed by atoms with Crippen LogP contribution in [0.15, 0.2) is 40.9 Å². The van der Waals surface area contributed by atoms with Gasteiger partial charge >= 0.3 is 0 Å². The van der Waals surface area contributed by atoms with Crippen LogP contribution in [0.3, 0.4) is 0 Å². The minimum atomic E-state index is -0.378. The largest absolute Gasteiger partial charge is 0.496 e. The molecule has 0 atom stereocenters. The zero-order valence-corrected chi connectivity index (χ0v) is 15.2. The van der Waals surface area contributed by atoms with E-state index >= 15 is 0 Å². The van der Waals surface area contributed by atoms with E-state index in [1.54, 1.807) is 36.4 Å². The van der Waals surface area contributed by atoms with Gasteiger partial charge in [-0.05, 0) is 30.3 Å². The number of aromatic nitrogens is 2. The minimum Gasteiger partial charge on any atom is -0.496 e. The number of carbonyl (C=O) groups is 1. The molecule has 4 rings (SSSR count). The van der Waals surface area contributed by atoms with Crippen molar-refractivity contribution in [1.29, 1.82) is 0 Å². The normalized spacial score (nSPS) is 11.9. The van der Waals surface area contributed by atoms with E-state index in [2.05, 4.69) is 15.5 Å². The number of nitrogens with zero attached hydrogens (tertiary/aromatic N) is 2. The number of hydrogen-bond donors (Lipinski definition) is 1. The smallest absolute Gasteiger partial charge is 0.259 e. The summed E-state index contributed by atoms with van der Waals surface area (Å²) >= 11 is 0. The van der Waals surface area contributed by atoms with E-state index < -0.39 is 0 Å². The Morgan fingerprint density at radius 2 is 1.86 bits per heavy atom. The number of methoxy groups -OCH3 is 2. The molecule has 0 radical (unpaired) electrons. The van der Waals surface area contributed by atoms with Crippen LogP contribution in [-0.2, 0) is 6.54 Å². The highest BCUT2D eigenvalue weighted by molar-refractivity contribution is 5.99. The molecule has 0 saturated heterocycles. The maximum Gasteiger partial charge on any atom is 0.259 e. The molecule has 144 valence electrons. The first kappa shape index (κ1) is 17.7. The van der Waals surface area contributed by atoms with Crippen molar-refractivity contribution in [3.05, 3.63) is 47.9 Å². The minimum absolute atomic E-state index is 0.0532. The topological polar surface area (TPSA) is 105 Å². The maximum absolute atomic E-state index is 12.6. The Bertz CT molecular complexity index is 994. The Balaban J connectivity index is 1.47. The van der Waals surface area contributed by atoms with E-state index in [0.29, 0.717) is 34.4 Å². The first-order valence-electron chi connectivity index (χ1n) is 8.41. The summed E-state index contributed by atoms with van der Waals surface area (Å²) in [5.74, 6) is 2.38. The molecule has 0 bridgehead atoms. The van der Waals surface area contributed by atoms with E-state index in [1.807, 2.05) is 0 Å². The zero-order valence-electron chi connectivity index (χ0n) is 15.2. The molecule has 1 N–H and O–H groups in total. The molecule has 1 amide bonds. The lowest BCUT2D eigenvalue weighted by atomic mass is 10.1. The molecule has 9 nitrogen and oxygen atoms in total. The standard InChI is InChI=1S/C19H17N3O6/c1-24-13-4-3-5-14(25-2)17(13)19(23)20-9-16-21-18(22-28-16)11-6-7-12-15(8-11)27-10-26-12/h3-8H,9-10H2,1-2H3,(H,20,23). The number of carbonyl (C=O) groups excluding carboxylic acids is 1. The molecule has 2 aromatic carbocycles. The van der Waals surface area contributed by atoms with Crippen LogP contribution in [0.5, 0.6) is 23.0 Å². The summed E-state index contributed by atoms with van der Waals surface area (Å²) in [5, 5.41) is 6.68. The summed E-state index contributed by atoms with van der Waals surface area (Å²) in [7, 11) is 2.97. The molecular formula is C19H17N3O6. The van der Waals surface area contributed by atoms with E-state index in [4.69, 9.17) is 23.5 Å². The SMILES string of the molecule is COc1cccc(OC)c1C(=O)NCc1nc(-c2ccc3c(c2)OCO3)no1. The van der Waals surface area contributed by atoms with E-state index in [0.717, 1.165) is 5.56 Å². The van der Waals surface area contributed by atoms with Crippen LogP contribution < -0.4 is 24.3 Å². The third-order valence-corrected chi connectivity index (χ3v) is 4.15. The van der Waals surface area contributed by atoms with Crippen LogP contribution in [-0.4, -0.2) is 37.1 Å². The van der Waals surface area contributed by atoms with Gasteiger partial charge in [0.1, 0.15) is 17.1 Å². The number of fused-ring (bicyclic) bond motifs is 1. The van der Waals surface area contributed by atoms with E-state index in [-0.39, 0.29) is 25.1 Å². The second kappa shape index (κ2) is 7.47. The second-order valence-corrected chi connectivity index (χ2v) is 5.80. The van der Waals surface area contributed by atoms with Crippen molar-refractivity contribution < 1.29 is 28.3 Å². The predicted molar refractivity (Wildman–Crippen MR) is 96.6 cm³/mol. The Morgan fingerprint density at radius 1 is 1.11 bits per heavy atom. The van der Waals surface area contributed by atoms with Gasteiger partial charge in [0.25, 0.3) is 5.91 Å². The number of benzene rings is 2. The molecule has 0 spiro atoms. The summed E-state index contributed by atoms with van der Waals surface area (Å²) in [6.45, 7) is 0.242. The number of rotatable bonds is 6. The first-order chi connectivity index (χ1) is 13.7. The highest BCUT2D eigenvalue weighted by Crippen LogP contribution is 2.35.